The number of carbonyl (C=O) groups is 1. The molecule has 7 heteroatoms. The maximum absolute atomic E-state index is 13.1. The van der Waals surface area contributed by atoms with Crippen molar-refractivity contribution < 1.29 is 23.1 Å². The average Bonchev–Trinajstić information content (AvgIpc) is 2.49. The van der Waals surface area contributed by atoms with Crippen molar-refractivity contribution in [2.75, 3.05) is 13.1 Å². The third kappa shape index (κ3) is 3.71. The maximum Gasteiger partial charge on any atom is 0.317 e. The molecule has 0 radical (unpaired) electrons. The Morgan fingerprint density at radius 2 is 2.05 bits per heavy atom. The van der Waals surface area contributed by atoms with Gasteiger partial charge in [-0.1, -0.05) is 12.1 Å². The zero-order valence-corrected chi connectivity index (χ0v) is 12.3. The van der Waals surface area contributed by atoms with E-state index in [0.717, 1.165) is 5.56 Å². The number of nitrogens with one attached hydrogen (secondary N) is 1. The van der Waals surface area contributed by atoms with Gasteiger partial charge in [0.05, 0.1) is 0 Å². The summed E-state index contributed by atoms with van der Waals surface area (Å²) in [5.74, 6) is -0.308. The molecule has 1 aliphatic rings. The van der Waals surface area contributed by atoms with Crippen LogP contribution in [0, 0.1) is 12.7 Å². The molecule has 0 bridgehead atoms. The summed E-state index contributed by atoms with van der Waals surface area (Å²) in [6.07, 6.45) is -3.10. The van der Waals surface area contributed by atoms with Crippen molar-refractivity contribution in [1.29, 1.82) is 0 Å². The van der Waals surface area contributed by atoms with E-state index in [1.165, 1.54) is 11.0 Å². The van der Waals surface area contributed by atoms with Crippen LogP contribution in [-0.2, 0) is 6.54 Å². The van der Waals surface area contributed by atoms with Gasteiger partial charge in [-0.2, -0.15) is 0 Å². The van der Waals surface area contributed by atoms with Crippen molar-refractivity contribution in [2.24, 2.45) is 0 Å². The summed E-state index contributed by atoms with van der Waals surface area (Å²) < 4.78 is 38.5. The van der Waals surface area contributed by atoms with Gasteiger partial charge in [0.1, 0.15) is 11.4 Å². The van der Waals surface area contributed by atoms with E-state index in [0.29, 0.717) is 5.56 Å². The van der Waals surface area contributed by atoms with Gasteiger partial charge in [0, 0.05) is 19.6 Å². The van der Waals surface area contributed by atoms with Crippen molar-refractivity contribution >= 4 is 6.03 Å². The Labute approximate surface area is 126 Å². The molecular weight excluding hydrogens is 297 g/mol. The number of amides is 2. The van der Waals surface area contributed by atoms with Gasteiger partial charge in [-0.25, -0.2) is 18.0 Å². The summed E-state index contributed by atoms with van der Waals surface area (Å²) in [5, 5.41) is 12.3. The molecule has 0 spiro atoms. The van der Waals surface area contributed by atoms with Crippen LogP contribution in [-0.4, -0.2) is 41.2 Å². The van der Waals surface area contributed by atoms with Crippen molar-refractivity contribution in [1.82, 2.24) is 10.2 Å². The smallest absolute Gasteiger partial charge is 0.317 e. The molecule has 0 aliphatic carbocycles. The predicted molar refractivity (Wildman–Crippen MR) is 75.1 cm³/mol. The minimum absolute atomic E-state index is 0.0785. The number of aryl methyl sites for hydroxylation is 1. The number of hydrogen-bond acceptors (Lipinski definition) is 2. The number of rotatable bonds is 3. The largest absolute Gasteiger partial charge is 0.384 e. The molecule has 0 aromatic heterocycles. The van der Waals surface area contributed by atoms with Crippen LogP contribution in [0.15, 0.2) is 18.2 Å². The Balaban J connectivity index is 1.85. The summed E-state index contributed by atoms with van der Waals surface area (Å²) in [5.41, 5.74) is -0.745. The second kappa shape index (κ2) is 6.56. The Morgan fingerprint density at radius 1 is 1.41 bits per heavy atom. The van der Waals surface area contributed by atoms with Gasteiger partial charge in [0.15, 0.2) is 0 Å². The van der Waals surface area contributed by atoms with Gasteiger partial charge in [-0.3, -0.25) is 0 Å². The molecule has 2 N–H and O–H groups in total. The van der Waals surface area contributed by atoms with Crippen LogP contribution >= 0.6 is 0 Å². The zero-order valence-electron chi connectivity index (χ0n) is 12.3. The number of urea groups is 1. The summed E-state index contributed by atoms with van der Waals surface area (Å²) in [6.45, 7) is 2.02. The highest BCUT2D eigenvalue weighted by Gasteiger charge is 2.41. The van der Waals surface area contributed by atoms with E-state index in [1.54, 1.807) is 19.1 Å². The van der Waals surface area contributed by atoms with E-state index in [9.17, 15) is 23.1 Å². The monoisotopic (exact) mass is 316 g/mol. The summed E-state index contributed by atoms with van der Waals surface area (Å²) >= 11 is 0. The highest BCUT2D eigenvalue weighted by Crippen LogP contribution is 2.28. The first-order chi connectivity index (χ1) is 10.3. The number of halogens is 3. The first kappa shape index (κ1) is 16.6. The third-order valence-electron chi connectivity index (χ3n) is 3.99. The molecule has 4 nitrogen and oxygen atoms in total. The van der Waals surface area contributed by atoms with Crippen LogP contribution in [0.1, 0.15) is 24.0 Å². The van der Waals surface area contributed by atoms with Crippen LogP contribution < -0.4 is 5.32 Å². The highest BCUT2D eigenvalue weighted by molar-refractivity contribution is 5.74. The van der Waals surface area contributed by atoms with Crippen molar-refractivity contribution in [3.05, 3.63) is 35.1 Å². The fraction of sp³-hybridized carbons (Fsp3) is 0.533. The molecule has 2 amide bonds. The second-order valence-corrected chi connectivity index (χ2v) is 5.63. The lowest BCUT2D eigenvalue weighted by molar-refractivity contribution is -0.122. The Morgan fingerprint density at radius 3 is 2.59 bits per heavy atom. The number of piperidine rings is 1. The second-order valence-electron chi connectivity index (χ2n) is 5.63. The van der Waals surface area contributed by atoms with Crippen LogP contribution in [0.3, 0.4) is 0 Å². The SMILES string of the molecule is Cc1cc(CNC(=O)N2CCC(O)(C(F)F)CC2)ccc1F. The van der Waals surface area contributed by atoms with Gasteiger partial charge in [0.2, 0.25) is 0 Å². The van der Waals surface area contributed by atoms with Crippen molar-refractivity contribution in [3.63, 3.8) is 0 Å². The number of hydrogen-bond donors (Lipinski definition) is 2. The molecule has 1 heterocycles. The van der Waals surface area contributed by atoms with Gasteiger partial charge in [-0.15, -0.1) is 0 Å². The van der Waals surface area contributed by atoms with E-state index < -0.39 is 12.0 Å². The number of carbonyl (C=O) groups excluding carboxylic acids is 1. The first-order valence-corrected chi connectivity index (χ1v) is 7.10. The molecule has 1 aromatic carbocycles. The number of alkyl halides is 2. The minimum Gasteiger partial charge on any atom is -0.384 e. The third-order valence-corrected chi connectivity index (χ3v) is 3.99. The van der Waals surface area contributed by atoms with E-state index in [4.69, 9.17) is 0 Å². The summed E-state index contributed by atoms with van der Waals surface area (Å²) in [4.78, 5) is 13.4. The van der Waals surface area contributed by atoms with E-state index in [1.807, 2.05) is 0 Å². The highest BCUT2D eigenvalue weighted by atomic mass is 19.3. The van der Waals surface area contributed by atoms with Gasteiger partial charge < -0.3 is 15.3 Å². The maximum atomic E-state index is 13.1. The molecule has 2 rings (SSSR count). The molecule has 0 atom stereocenters. The molecule has 122 valence electrons. The van der Waals surface area contributed by atoms with Crippen molar-refractivity contribution in [2.45, 2.75) is 38.3 Å². The summed E-state index contributed by atoms with van der Waals surface area (Å²) in [6, 6.07) is 4.18. The Hall–Kier alpha value is -1.76. The lowest BCUT2D eigenvalue weighted by atomic mass is 9.92. The predicted octanol–water partition coefficient (Wildman–Crippen LogP) is 2.44. The van der Waals surface area contributed by atoms with Gasteiger partial charge in [-0.05, 0) is 37.0 Å². The number of aliphatic hydroxyl groups is 1. The normalized spacial score (nSPS) is 17.6. The minimum atomic E-state index is -2.81. The van der Waals surface area contributed by atoms with Crippen LogP contribution in [0.25, 0.3) is 0 Å². The lowest BCUT2D eigenvalue weighted by Crippen LogP contribution is -2.52. The van der Waals surface area contributed by atoms with Gasteiger partial charge >= 0.3 is 6.03 Å². The van der Waals surface area contributed by atoms with Crippen molar-refractivity contribution in [3.8, 4) is 0 Å². The lowest BCUT2D eigenvalue weighted by Gasteiger charge is -2.37. The molecule has 1 fully saturated rings. The zero-order chi connectivity index (χ0) is 16.3. The molecule has 1 aromatic rings. The van der Waals surface area contributed by atoms with E-state index in [-0.39, 0.29) is 44.3 Å². The van der Waals surface area contributed by atoms with E-state index >= 15 is 0 Å². The van der Waals surface area contributed by atoms with Crippen LogP contribution in [0.2, 0.25) is 0 Å². The quantitative estimate of drug-likeness (QED) is 0.900. The Kier molecular flexibility index (Phi) is 4.95. The molecule has 1 saturated heterocycles. The first-order valence-electron chi connectivity index (χ1n) is 7.10. The Bertz CT molecular complexity index is 544. The average molecular weight is 316 g/mol. The van der Waals surface area contributed by atoms with Gasteiger partial charge in [0.25, 0.3) is 6.43 Å². The summed E-state index contributed by atoms with van der Waals surface area (Å²) in [7, 11) is 0. The molecule has 1 aliphatic heterocycles. The molecule has 0 unspecified atom stereocenters. The molecular formula is C15H19F3N2O2. The van der Waals surface area contributed by atoms with Crippen LogP contribution in [0.4, 0.5) is 18.0 Å². The number of nitrogens with zero attached hydrogens (tertiary/aromatic N) is 1. The molecule has 0 saturated carbocycles. The number of benzene rings is 1. The van der Waals surface area contributed by atoms with E-state index in [2.05, 4.69) is 5.32 Å². The fourth-order valence-electron chi connectivity index (χ4n) is 2.42. The molecule has 22 heavy (non-hydrogen) atoms. The standard InChI is InChI=1S/C15H19F3N2O2/c1-10-8-11(2-3-12(10)16)9-19-14(21)20-6-4-15(22,5-7-20)13(17)18/h2-3,8,13,22H,4-7,9H2,1H3,(H,19,21). The number of likely N-dealkylation sites (tertiary alicyclic amines) is 1. The fourth-order valence-corrected chi connectivity index (χ4v) is 2.42. The van der Waals surface area contributed by atoms with Crippen LogP contribution in [0.5, 0.6) is 0 Å². The topological polar surface area (TPSA) is 52.6 Å².